The van der Waals surface area contributed by atoms with Gasteiger partial charge in [0.25, 0.3) is 11.8 Å². The van der Waals surface area contributed by atoms with Crippen molar-refractivity contribution in [3.05, 3.63) is 28.9 Å². The summed E-state index contributed by atoms with van der Waals surface area (Å²) in [6, 6.07) is -0.949. The first-order valence-electron chi connectivity index (χ1n) is 11.7. The summed E-state index contributed by atoms with van der Waals surface area (Å²) < 4.78 is 39.0. The number of aliphatic carboxylic acids is 1. The molecular weight excluding hydrogens is 639 g/mol. The molecule has 4 heterocycles. The Hall–Kier alpha value is -4.42. The molecule has 0 aromatic carbocycles. The molecule has 43 heavy (non-hydrogen) atoms. The molecule has 226 valence electrons. The molecule has 0 aliphatic carbocycles. The number of hydrogen-bond acceptors (Lipinski definition) is 13. The number of carboxylic acids is 1. The molecule has 0 bridgehead atoms. The van der Waals surface area contributed by atoms with Crippen molar-refractivity contribution < 1.29 is 42.3 Å². The van der Waals surface area contributed by atoms with Crippen LogP contribution in [0.5, 0.6) is 0 Å². The van der Waals surface area contributed by atoms with Crippen molar-refractivity contribution in [2.75, 3.05) is 23.4 Å². The molecule has 2 aromatic heterocycles. The average Bonchev–Trinajstić information content (AvgIpc) is 3.61. The second-order valence-corrected chi connectivity index (χ2v) is 11.2. The van der Waals surface area contributed by atoms with Crippen LogP contribution in [-0.4, -0.2) is 100 Å². The fraction of sp³-hybridized carbons (Fsp3) is 0.318. The highest BCUT2D eigenvalue weighted by atomic mass is 32.2. The van der Waals surface area contributed by atoms with Crippen LogP contribution >= 0.6 is 34.9 Å². The lowest BCUT2D eigenvalue weighted by Gasteiger charge is -2.47. The maximum atomic E-state index is 13.1. The summed E-state index contributed by atoms with van der Waals surface area (Å²) in [7, 11) is 0. The Morgan fingerprint density at radius 3 is 2.88 bits per heavy atom. The minimum atomic E-state index is -5.14. The Morgan fingerprint density at radius 2 is 2.16 bits per heavy atom. The van der Waals surface area contributed by atoms with Gasteiger partial charge in [-0.05, 0) is 16.0 Å². The van der Waals surface area contributed by atoms with Gasteiger partial charge < -0.3 is 20.2 Å². The van der Waals surface area contributed by atoms with E-state index in [0.717, 1.165) is 5.57 Å². The number of aromatic nitrogens is 5. The highest BCUT2D eigenvalue weighted by Gasteiger charge is 2.50. The number of rotatable bonds is 12. The predicted octanol–water partition coefficient (Wildman–Crippen LogP) is 1.01. The summed E-state index contributed by atoms with van der Waals surface area (Å²) in [5.41, 5.74) is 0.194. The number of thiazole rings is 1. The number of β-lactam (4-membered cyclic amide) rings is 1. The lowest BCUT2D eigenvalue weighted by atomic mass is 10.1. The molecule has 21 heteroatoms. The maximum Gasteiger partial charge on any atom is 0.471 e. The number of nitrogens with zero attached hydrogens (tertiary/aromatic N) is 7. The minimum absolute atomic E-state index is 0.196. The molecule has 2 atom stereocenters. The van der Waals surface area contributed by atoms with Gasteiger partial charge in [0.05, 0.1) is 6.42 Å². The van der Waals surface area contributed by atoms with Gasteiger partial charge in [-0.25, -0.2) is 4.98 Å². The lowest BCUT2D eigenvalue weighted by molar-refractivity contribution is -0.167. The summed E-state index contributed by atoms with van der Waals surface area (Å²) in [4.78, 5) is 57.9. The second-order valence-electron chi connectivity index (χ2n) is 8.27. The summed E-state index contributed by atoms with van der Waals surface area (Å²) in [6.45, 7) is -0.330. The quantitative estimate of drug-likeness (QED) is 0.0734. The first-order chi connectivity index (χ1) is 20.5. The number of terminal acetylenes is 1. The molecule has 1 saturated heterocycles. The Balaban J connectivity index is 1.38. The van der Waals surface area contributed by atoms with Gasteiger partial charge in [-0.1, -0.05) is 28.9 Å². The van der Waals surface area contributed by atoms with E-state index < -0.39 is 52.1 Å². The largest absolute Gasteiger partial charge is 0.481 e. The molecule has 0 spiro atoms. The molecule has 2 aromatic rings. The third-order valence-corrected chi connectivity index (χ3v) is 8.44. The van der Waals surface area contributed by atoms with Gasteiger partial charge >= 0.3 is 18.1 Å². The van der Waals surface area contributed by atoms with Gasteiger partial charge in [-0.3, -0.25) is 24.5 Å². The van der Waals surface area contributed by atoms with E-state index in [1.54, 1.807) is 11.5 Å². The first-order valence-corrected chi connectivity index (χ1v) is 14.6. The van der Waals surface area contributed by atoms with Crippen molar-refractivity contribution >= 4 is 75.6 Å². The smallest absolute Gasteiger partial charge is 0.471 e. The molecule has 15 nitrogen and oxygen atoms in total. The summed E-state index contributed by atoms with van der Waals surface area (Å²) in [5, 5.41) is 28.5. The molecule has 1 unspecified atom stereocenters. The van der Waals surface area contributed by atoms with Crippen molar-refractivity contribution in [2.24, 2.45) is 5.16 Å². The van der Waals surface area contributed by atoms with E-state index in [4.69, 9.17) is 16.4 Å². The van der Waals surface area contributed by atoms with E-state index in [-0.39, 0.29) is 18.7 Å². The van der Waals surface area contributed by atoms with Crippen LogP contribution in [0.2, 0.25) is 0 Å². The predicted molar refractivity (Wildman–Crippen MR) is 147 cm³/mol. The molecule has 2 aliphatic heterocycles. The van der Waals surface area contributed by atoms with E-state index in [1.807, 2.05) is 0 Å². The number of amides is 3. The lowest BCUT2D eigenvalue weighted by Crippen LogP contribution is -2.69. The highest BCUT2D eigenvalue weighted by Crippen LogP contribution is 2.37. The number of alkyl halides is 3. The number of anilines is 1. The molecule has 1 fully saturated rings. The fourth-order valence-corrected chi connectivity index (χ4v) is 6.28. The van der Waals surface area contributed by atoms with Gasteiger partial charge in [-0.15, -0.1) is 34.6 Å². The third kappa shape index (κ3) is 7.90. The van der Waals surface area contributed by atoms with E-state index in [9.17, 15) is 32.3 Å². The number of thioether (sulfide) groups is 2. The van der Waals surface area contributed by atoms with E-state index in [2.05, 4.69) is 36.9 Å². The van der Waals surface area contributed by atoms with Gasteiger partial charge in [0.1, 0.15) is 17.1 Å². The number of fused-ring (bicyclic) bond motifs is 1. The monoisotopic (exact) mass is 657 g/mol. The van der Waals surface area contributed by atoms with Gasteiger partial charge in [0.15, 0.2) is 17.5 Å². The summed E-state index contributed by atoms with van der Waals surface area (Å²) in [5.74, 6) is -1.50. The zero-order valence-corrected chi connectivity index (χ0v) is 23.8. The van der Waals surface area contributed by atoms with Crippen LogP contribution in [0.4, 0.5) is 18.3 Å². The molecule has 3 amide bonds. The number of oxime groups is 1. The molecule has 0 saturated carbocycles. The molecular formula is C22H18F3N9O6S3. The Labute approximate surface area is 252 Å². The number of carboxylic acid groups (broad SMARTS) is 1. The van der Waals surface area contributed by atoms with Crippen LogP contribution in [0.15, 0.2) is 33.5 Å². The standard InChI is InChI=1S/C22H18F3N9O6S3/c1-2-6-40-30-14(12-10-42-20(26-12)28-19(39)22(23,24)25)16(37)27-15-17(38)33-7-11(8-41-18(15)33)9-43-21-29-31-32-34(21)5-3-4-13(35)36/h1,3,5,7,10,15,18H,4,6,8-9H2,(H,27,37)(H,35,36)(H,26,28,39)/t15?,18-/m1/s1. The van der Waals surface area contributed by atoms with Gasteiger partial charge in [0.2, 0.25) is 5.16 Å². The van der Waals surface area contributed by atoms with Crippen LogP contribution in [0, 0.1) is 12.3 Å². The van der Waals surface area contributed by atoms with Gasteiger partial charge in [-0.2, -0.15) is 17.9 Å². The summed E-state index contributed by atoms with van der Waals surface area (Å²) in [6.07, 6.45) is 4.27. The normalized spacial score (nSPS) is 18.4. The van der Waals surface area contributed by atoms with Crippen LogP contribution in [0.1, 0.15) is 12.1 Å². The van der Waals surface area contributed by atoms with Crippen LogP contribution in [0.25, 0.3) is 6.20 Å². The van der Waals surface area contributed by atoms with Crippen molar-refractivity contribution in [1.29, 1.82) is 0 Å². The summed E-state index contributed by atoms with van der Waals surface area (Å²) >= 11 is 3.27. The van der Waals surface area contributed by atoms with Crippen molar-refractivity contribution in [1.82, 2.24) is 35.4 Å². The van der Waals surface area contributed by atoms with Crippen LogP contribution in [-0.2, 0) is 24.0 Å². The van der Waals surface area contributed by atoms with Gasteiger partial charge in [0, 0.05) is 29.3 Å². The SMILES string of the molecule is C#CCON=C(C(=O)NC1C(=O)N2C=C(CSc3nnnn3C=CCC(=O)O)CS[C@H]12)c1csc(NC(=O)C(F)(F)F)n1. The Kier molecular flexibility index (Phi) is 10.0. The second kappa shape index (κ2) is 13.7. The Bertz CT molecular complexity index is 1550. The minimum Gasteiger partial charge on any atom is -0.481 e. The van der Waals surface area contributed by atoms with Crippen molar-refractivity contribution in [3.63, 3.8) is 0 Å². The number of halogens is 3. The van der Waals surface area contributed by atoms with E-state index in [1.165, 1.54) is 50.8 Å². The number of nitrogens with one attached hydrogen (secondary N) is 2. The van der Waals surface area contributed by atoms with Crippen molar-refractivity contribution in [3.8, 4) is 12.3 Å². The average molecular weight is 658 g/mol. The topological polar surface area (TPSA) is 194 Å². The zero-order valence-electron chi connectivity index (χ0n) is 21.3. The highest BCUT2D eigenvalue weighted by molar-refractivity contribution is 8.01. The molecule has 2 aliphatic rings. The molecule has 4 rings (SSSR count). The fourth-order valence-electron chi connectivity index (χ4n) is 3.38. The molecule has 0 radical (unpaired) electrons. The van der Waals surface area contributed by atoms with Crippen LogP contribution < -0.4 is 10.6 Å². The number of carbonyl (C=O) groups is 4. The number of carbonyl (C=O) groups excluding carboxylic acids is 3. The van der Waals surface area contributed by atoms with E-state index >= 15 is 0 Å². The zero-order chi connectivity index (χ0) is 31.1. The first kappa shape index (κ1) is 31.5. The number of tetrazole rings is 1. The maximum absolute atomic E-state index is 13.1. The molecule has 3 N–H and O–H groups in total. The third-order valence-electron chi connectivity index (χ3n) is 5.26. The van der Waals surface area contributed by atoms with E-state index in [0.29, 0.717) is 28.0 Å². The van der Waals surface area contributed by atoms with Crippen LogP contribution in [0.3, 0.4) is 0 Å². The number of hydrogen-bond donors (Lipinski definition) is 3. The Morgan fingerprint density at radius 1 is 1.37 bits per heavy atom. The van der Waals surface area contributed by atoms with Crippen molar-refractivity contribution in [2.45, 2.75) is 29.2 Å².